The van der Waals surface area contributed by atoms with Gasteiger partial charge in [0.15, 0.2) is 0 Å². The normalized spacial score (nSPS) is 11.9. The highest BCUT2D eigenvalue weighted by Gasteiger charge is 2.16. The van der Waals surface area contributed by atoms with Crippen molar-refractivity contribution in [3.63, 3.8) is 0 Å². The molecule has 0 aliphatic heterocycles. The Hall–Kier alpha value is -0.710. The summed E-state index contributed by atoms with van der Waals surface area (Å²) >= 11 is 1.72. The molecule has 0 bridgehead atoms. The van der Waals surface area contributed by atoms with E-state index in [1.54, 1.807) is 18.7 Å². The summed E-state index contributed by atoms with van der Waals surface area (Å²) in [6.45, 7) is 5.80. The van der Waals surface area contributed by atoms with Crippen LogP contribution in [0.25, 0.3) is 0 Å². The maximum absolute atomic E-state index is 11.1. The molecule has 0 saturated carbocycles. The largest absolute Gasteiger partial charge is 0.459 e. The van der Waals surface area contributed by atoms with Crippen LogP contribution in [0.2, 0.25) is 0 Å². The highest BCUT2D eigenvalue weighted by atomic mass is 32.2. The molecule has 5 heteroatoms. The molecule has 0 rings (SSSR count). The van der Waals surface area contributed by atoms with Gasteiger partial charge in [-0.3, -0.25) is 4.79 Å². The highest BCUT2D eigenvalue weighted by Crippen LogP contribution is 2.00. The van der Waals surface area contributed by atoms with E-state index in [4.69, 9.17) is 0 Å². The molecule has 1 unspecified atom stereocenters. The molecule has 0 aromatic carbocycles. The average molecular weight is 219 g/mol. The third-order valence-electron chi connectivity index (χ3n) is 1.41. The van der Waals surface area contributed by atoms with Crippen molar-refractivity contribution in [3.05, 3.63) is 0 Å². The number of carbonyl (C=O) groups excluding carboxylic acids is 2. The van der Waals surface area contributed by atoms with Crippen LogP contribution in [0.15, 0.2) is 0 Å². The summed E-state index contributed by atoms with van der Waals surface area (Å²) < 4.78 is 4.55. The third kappa shape index (κ3) is 5.85. The maximum atomic E-state index is 11.1. The van der Waals surface area contributed by atoms with Crippen LogP contribution in [0.3, 0.4) is 0 Å². The number of esters is 1. The molecule has 82 valence electrons. The first-order valence-corrected chi connectivity index (χ1v) is 5.82. The predicted molar refractivity (Wildman–Crippen MR) is 57.2 cm³/mol. The van der Waals surface area contributed by atoms with Gasteiger partial charge in [-0.15, -0.1) is 0 Å². The lowest BCUT2D eigenvalue weighted by molar-refractivity contribution is -0.154. The fraction of sp³-hybridized carbons (Fsp3) is 0.778. The van der Waals surface area contributed by atoms with Crippen molar-refractivity contribution in [2.75, 3.05) is 18.1 Å². The van der Waals surface area contributed by atoms with E-state index in [9.17, 15) is 9.59 Å². The first-order valence-electron chi connectivity index (χ1n) is 4.67. The summed E-state index contributed by atoms with van der Waals surface area (Å²) in [4.78, 5) is 22.0. The van der Waals surface area contributed by atoms with E-state index in [-0.39, 0.29) is 12.6 Å². The van der Waals surface area contributed by atoms with Gasteiger partial charge < -0.3 is 10.1 Å². The summed E-state index contributed by atoms with van der Waals surface area (Å²) in [5.41, 5.74) is 0. The number of amides is 1. The zero-order valence-electron chi connectivity index (χ0n) is 8.83. The molecule has 1 amide bonds. The lowest BCUT2D eigenvalue weighted by Crippen LogP contribution is -2.39. The van der Waals surface area contributed by atoms with Crippen LogP contribution in [0.5, 0.6) is 0 Å². The van der Waals surface area contributed by atoms with Gasteiger partial charge in [0.2, 0.25) is 0 Å². The van der Waals surface area contributed by atoms with Gasteiger partial charge in [-0.1, -0.05) is 6.92 Å². The summed E-state index contributed by atoms with van der Waals surface area (Å²) in [7, 11) is 0. The number of carbonyl (C=O) groups is 2. The zero-order valence-corrected chi connectivity index (χ0v) is 9.65. The first kappa shape index (κ1) is 13.3. The standard InChI is InChI=1S/C9H17NO3S/c1-4-13-9(12)8(11)10-7(3)6-14-5-2/h7H,4-6H2,1-3H3,(H,10,11). The number of rotatable bonds is 5. The van der Waals surface area contributed by atoms with Gasteiger partial charge in [0.1, 0.15) is 0 Å². The Kier molecular flexibility index (Phi) is 7.28. The van der Waals surface area contributed by atoms with Gasteiger partial charge in [-0.25, -0.2) is 4.79 Å². The molecular weight excluding hydrogens is 202 g/mol. The molecule has 14 heavy (non-hydrogen) atoms. The van der Waals surface area contributed by atoms with Crippen LogP contribution in [0.1, 0.15) is 20.8 Å². The number of nitrogens with one attached hydrogen (secondary N) is 1. The Morgan fingerprint density at radius 1 is 1.43 bits per heavy atom. The van der Waals surface area contributed by atoms with Crippen molar-refractivity contribution < 1.29 is 14.3 Å². The van der Waals surface area contributed by atoms with Crippen LogP contribution in [-0.2, 0) is 14.3 Å². The minimum atomic E-state index is -0.805. The van der Waals surface area contributed by atoms with Crippen LogP contribution in [0, 0.1) is 0 Å². The molecule has 0 aromatic rings. The number of hydrogen-bond donors (Lipinski definition) is 1. The monoisotopic (exact) mass is 219 g/mol. The van der Waals surface area contributed by atoms with Gasteiger partial charge in [-0.2, -0.15) is 11.8 Å². The summed E-state index contributed by atoms with van der Waals surface area (Å²) in [6, 6.07) is -0.00291. The molecule has 0 spiro atoms. The lowest BCUT2D eigenvalue weighted by Gasteiger charge is -2.11. The topological polar surface area (TPSA) is 55.4 Å². The summed E-state index contributed by atoms with van der Waals surface area (Å²) in [6.07, 6.45) is 0. The quantitative estimate of drug-likeness (QED) is 0.549. The van der Waals surface area contributed by atoms with E-state index >= 15 is 0 Å². The molecule has 0 aliphatic carbocycles. The molecule has 1 N–H and O–H groups in total. The Balaban J connectivity index is 3.75. The zero-order chi connectivity index (χ0) is 11.0. The van der Waals surface area contributed by atoms with Crippen LogP contribution in [-0.4, -0.2) is 36.0 Å². The molecule has 0 aromatic heterocycles. The SMILES string of the molecule is CCOC(=O)C(=O)NC(C)CSCC. The smallest absolute Gasteiger partial charge is 0.396 e. The molecule has 1 atom stereocenters. The van der Waals surface area contributed by atoms with Gasteiger partial charge in [0.25, 0.3) is 0 Å². The first-order chi connectivity index (χ1) is 6.61. The van der Waals surface area contributed by atoms with E-state index in [2.05, 4.69) is 10.1 Å². The van der Waals surface area contributed by atoms with E-state index in [1.807, 2.05) is 13.8 Å². The van der Waals surface area contributed by atoms with Gasteiger partial charge >= 0.3 is 11.9 Å². The minimum absolute atomic E-state index is 0.00291. The van der Waals surface area contributed by atoms with Crippen molar-refractivity contribution in [1.29, 1.82) is 0 Å². The lowest BCUT2D eigenvalue weighted by atomic mass is 10.4. The van der Waals surface area contributed by atoms with Crippen molar-refractivity contribution in [2.45, 2.75) is 26.8 Å². The van der Waals surface area contributed by atoms with Gasteiger partial charge in [0.05, 0.1) is 6.61 Å². The Morgan fingerprint density at radius 2 is 2.07 bits per heavy atom. The summed E-state index contributed by atoms with van der Waals surface area (Å²) in [5.74, 6) is 0.346. The number of ether oxygens (including phenoxy) is 1. The Bertz CT molecular complexity index is 196. The third-order valence-corrected chi connectivity index (χ3v) is 2.55. The molecule has 0 aliphatic rings. The van der Waals surface area contributed by atoms with Crippen molar-refractivity contribution in [2.24, 2.45) is 0 Å². The van der Waals surface area contributed by atoms with Crippen molar-refractivity contribution in [1.82, 2.24) is 5.32 Å². The second-order valence-electron chi connectivity index (χ2n) is 2.75. The second kappa shape index (κ2) is 7.67. The maximum Gasteiger partial charge on any atom is 0.396 e. The number of hydrogen-bond acceptors (Lipinski definition) is 4. The van der Waals surface area contributed by atoms with E-state index in [0.29, 0.717) is 0 Å². The van der Waals surface area contributed by atoms with E-state index in [0.717, 1.165) is 11.5 Å². The van der Waals surface area contributed by atoms with Crippen LogP contribution < -0.4 is 5.32 Å². The van der Waals surface area contributed by atoms with Gasteiger partial charge in [-0.05, 0) is 19.6 Å². The molecule has 0 radical (unpaired) electrons. The second-order valence-corrected chi connectivity index (χ2v) is 4.07. The molecular formula is C9H17NO3S. The van der Waals surface area contributed by atoms with Gasteiger partial charge in [0, 0.05) is 11.8 Å². The average Bonchev–Trinajstić information content (AvgIpc) is 2.15. The van der Waals surface area contributed by atoms with E-state index in [1.165, 1.54) is 0 Å². The Morgan fingerprint density at radius 3 is 2.57 bits per heavy atom. The minimum Gasteiger partial charge on any atom is -0.459 e. The van der Waals surface area contributed by atoms with Crippen molar-refractivity contribution >= 4 is 23.6 Å². The molecule has 0 fully saturated rings. The molecule has 0 heterocycles. The summed E-state index contributed by atoms with van der Waals surface area (Å²) in [5, 5.41) is 2.56. The highest BCUT2D eigenvalue weighted by molar-refractivity contribution is 7.99. The van der Waals surface area contributed by atoms with Crippen LogP contribution >= 0.6 is 11.8 Å². The molecule has 4 nitrogen and oxygen atoms in total. The van der Waals surface area contributed by atoms with Crippen LogP contribution in [0.4, 0.5) is 0 Å². The number of thioether (sulfide) groups is 1. The molecule has 0 saturated heterocycles. The van der Waals surface area contributed by atoms with E-state index < -0.39 is 11.9 Å². The fourth-order valence-electron chi connectivity index (χ4n) is 0.816. The predicted octanol–water partition coefficient (Wildman–Crippen LogP) is 0.807. The Labute approximate surface area is 88.8 Å². The van der Waals surface area contributed by atoms with Crippen molar-refractivity contribution in [3.8, 4) is 0 Å². The fourth-order valence-corrected chi connectivity index (χ4v) is 1.49.